The van der Waals surface area contributed by atoms with Crippen LogP contribution in [0.1, 0.15) is 39.0 Å². The molecule has 20 heavy (non-hydrogen) atoms. The van der Waals surface area contributed by atoms with Crippen LogP contribution >= 0.6 is 0 Å². The third-order valence-corrected chi connectivity index (χ3v) is 3.89. The molecular weight excluding hydrogens is 275 g/mol. The minimum absolute atomic E-state index is 0.0300. The van der Waals surface area contributed by atoms with E-state index in [9.17, 15) is 22.8 Å². The Kier molecular flexibility index (Phi) is 5.83. The van der Waals surface area contributed by atoms with Gasteiger partial charge in [0.05, 0.1) is 11.8 Å². The minimum atomic E-state index is -4.38. The monoisotopic (exact) mass is 295 g/mol. The van der Waals surface area contributed by atoms with Crippen molar-refractivity contribution in [3.8, 4) is 0 Å². The number of carbonyl (C=O) groups excluding carboxylic acids is 1. The average molecular weight is 295 g/mol. The first-order valence-electron chi connectivity index (χ1n) is 6.84. The van der Waals surface area contributed by atoms with Gasteiger partial charge in [-0.3, -0.25) is 9.59 Å². The number of aliphatic carboxylic acids is 1. The number of rotatable bonds is 5. The van der Waals surface area contributed by atoms with E-state index < -0.39 is 35.8 Å². The zero-order valence-corrected chi connectivity index (χ0v) is 11.4. The highest BCUT2D eigenvalue weighted by Gasteiger charge is 2.48. The summed E-state index contributed by atoms with van der Waals surface area (Å²) >= 11 is 0. The molecule has 4 nitrogen and oxygen atoms in total. The lowest BCUT2D eigenvalue weighted by Crippen LogP contribution is -2.44. The number of hydrogen-bond donors (Lipinski definition) is 2. The second-order valence-corrected chi connectivity index (χ2v) is 5.23. The summed E-state index contributed by atoms with van der Waals surface area (Å²) < 4.78 is 38.6. The van der Waals surface area contributed by atoms with Crippen LogP contribution in [0.2, 0.25) is 0 Å². The highest BCUT2D eigenvalue weighted by atomic mass is 19.4. The Morgan fingerprint density at radius 3 is 2.40 bits per heavy atom. The molecule has 0 saturated heterocycles. The third-order valence-electron chi connectivity index (χ3n) is 3.89. The summed E-state index contributed by atoms with van der Waals surface area (Å²) in [4.78, 5) is 22.7. The third kappa shape index (κ3) is 4.38. The van der Waals surface area contributed by atoms with E-state index in [0.29, 0.717) is 19.3 Å². The standard InChI is InChI=1S/C13H20F3NO3/c1-2-8(12(19)20)7-17-11(18)9-5-3-4-6-10(9)13(14,15)16/h8-10H,2-7H2,1H3,(H,17,18)(H,19,20). The van der Waals surface area contributed by atoms with Crippen molar-refractivity contribution in [3.63, 3.8) is 0 Å². The van der Waals surface area contributed by atoms with Crippen LogP contribution in [0.25, 0.3) is 0 Å². The lowest BCUT2D eigenvalue weighted by molar-refractivity contribution is -0.198. The summed E-state index contributed by atoms with van der Waals surface area (Å²) in [6, 6.07) is 0. The van der Waals surface area contributed by atoms with Crippen molar-refractivity contribution in [1.29, 1.82) is 0 Å². The number of carboxylic acids is 1. The molecule has 0 aromatic carbocycles. The summed E-state index contributed by atoms with van der Waals surface area (Å²) in [7, 11) is 0. The molecule has 2 N–H and O–H groups in total. The average Bonchev–Trinajstić information content (AvgIpc) is 2.37. The maximum Gasteiger partial charge on any atom is 0.392 e. The van der Waals surface area contributed by atoms with E-state index in [-0.39, 0.29) is 19.4 Å². The summed E-state index contributed by atoms with van der Waals surface area (Å²) in [5, 5.41) is 11.2. The highest BCUT2D eigenvalue weighted by molar-refractivity contribution is 5.80. The first kappa shape index (κ1) is 16.8. The van der Waals surface area contributed by atoms with Crippen LogP contribution in [0, 0.1) is 17.8 Å². The minimum Gasteiger partial charge on any atom is -0.481 e. The molecule has 0 aromatic rings. The fraction of sp³-hybridized carbons (Fsp3) is 0.846. The van der Waals surface area contributed by atoms with Gasteiger partial charge in [-0.25, -0.2) is 0 Å². The van der Waals surface area contributed by atoms with Crippen LogP contribution in [-0.4, -0.2) is 29.7 Å². The molecule has 1 amide bonds. The van der Waals surface area contributed by atoms with Crippen molar-refractivity contribution >= 4 is 11.9 Å². The maximum atomic E-state index is 12.9. The van der Waals surface area contributed by atoms with Crippen LogP contribution in [0.15, 0.2) is 0 Å². The van der Waals surface area contributed by atoms with E-state index >= 15 is 0 Å². The Balaban J connectivity index is 2.62. The van der Waals surface area contributed by atoms with Gasteiger partial charge in [0.2, 0.25) is 5.91 Å². The van der Waals surface area contributed by atoms with E-state index in [1.807, 2.05) is 0 Å². The van der Waals surface area contributed by atoms with Gasteiger partial charge >= 0.3 is 12.1 Å². The van der Waals surface area contributed by atoms with Crippen molar-refractivity contribution < 1.29 is 27.9 Å². The SMILES string of the molecule is CCC(CNC(=O)C1CCCCC1C(F)(F)F)C(=O)O. The molecule has 0 bridgehead atoms. The summed E-state index contributed by atoms with van der Waals surface area (Å²) in [5.74, 6) is -5.18. The number of amides is 1. The van der Waals surface area contributed by atoms with Crippen molar-refractivity contribution in [1.82, 2.24) is 5.32 Å². The number of nitrogens with one attached hydrogen (secondary N) is 1. The predicted octanol–water partition coefficient (Wildman–Crippen LogP) is 2.58. The molecule has 3 atom stereocenters. The van der Waals surface area contributed by atoms with Crippen LogP contribution in [0.3, 0.4) is 0 Å². The number of carbonyl (C=O) groups is 2. The van der Waals surface area contributed by atoms with Gasteiger partial charge in [0.15, 0.2) is 0 Å². The molecule has 1 aliphatic carbocycles. The number of hydrogen-bond acceptors (Lipinski definition) is 2. The normalized spacial score (nSPS) is 25.0. The first-order chi connectivity index (χ1) is 9.27. The Labute approximate surface area is 115 Å². The second-order valence-electron chi connectivity index (χ2n) is 5.23. The van der Waals surface area contributed by atoms with Crippen LogP contribution in [0.4, 0.5) is 13.2 Å². The molecule has 116 valence electrons. The lowest BCUT2D eigenvalue weighted by Gasteiger charge is -2.32. The van der Waals surface area contributed by atoms with Crippen LogP contribution < -0.4 is 5.32 Å². The molecule has 0 spiro atoms. The van der Waals surface area contributed by atoms with Gasteiger partial charge in [-0.05, 0) is 19.3 Å². The van der Waals surface area contributed by atoms with Crippen molar-refractivity contribution in [3.05, 3.63) is 0 Å². The zero-order chi connectivity index (χ0) is 15.3. The van der Waals surface area contributed by atoms with E-state index in [1.54, 1.807) is 6.92 Å². The van der Waals surface area contributed by atoms with Crippen molar-refractivity contribution in [2.75, 3.05) is 6.54 Å². The molecule has 0 aliphatic heterocycles. The molecule has 1 aliphatic rings. The van der Waals surface area contributed by atoms with Gasteiger partial charge in [-0.1, -0.05) is 19.8 Å². The van der Waals surface area contributed by atoms with Gasteiger partial charge in [0, 0.05) is 12.5 Å². The van der Waals surface area contributed by atoms with Crippen LogP contribution in [-0.2, 0) is 9.59 Å². The molecule has 1 saturated carbocycles. The van der Waals surface area contributed by atoms with Gasteiger partial charge < -0.3 is 10.4 Å². The Morgan fingerprint density at radius 1 is 1.30 bits per heavy atom. The van der Waals surface area contributed by atoms with E-state index in [2.05, 4.69) is 5.32 Å². The quantitative estimate of drug-likeness (QED) is 0.819. The molecular formula is C13H20F3NO3. The Bertz CT molecular complexity index is 357. The largest absolute Gasteiger partial charge is 0.481 e. The Morgan fingerprint density at radius 2 is 1.90 bits per heavy atom. The first-order valence-corrected chi connectivity index (χ1v) is 6.84. The van der Waals surface area contributed by atoms with E-state index in [1.165, 1.54) is 0 Å². The molecule has 0 heterocycles. The molecule has 1 fully saturated rings. The number of carboxylic acid groups (broad SMARTS) is 1. The molecule has 7 heteroatoms. The molecule has 1 rings (SSSR count). The maximum absolute atomic E-state index is 12.9. The smallest absolute Gasteiger partial charge is 0.392 e. The molecule has 0 radical (unpaired) electrons. The van der Waals surface area contributed by atoms with E-state index in [0.717, 1.165) is 0 Å². The highest BCUT2D eigenvalue weighted by Crippen LogP contribution is 2.41. The van der Waals surface area contributed by atoms with Gasteiger partial charge in [-0.2, -0.15) is 13.2 Å². The topological polar surface area (TPSA) is 66.4 Å². The number of alkyl halides is 3. The second kappa shape index (κ2) is 6.95. The predicted molar refractivity (Wildman–Crippen MR) is 65.9 cm³/mol. The van der Waals surface area contributed by atoms with Crippen molar-refractivity contribution in [2.24, 2.45) is 17.8 Å². The van der Waals surface area contributed by atoms with Gasteiger partial charge in [-0.15, -0.1) is 0 Å². The molecule has 3 unspecified atom stereocenters. The Hall–Kier alpha value is -1.27. The molecule has 0 aromatic heterocycles. The summed E-state index contributed by atoms with van der Waals surface area (Å²) in [6.07, 6.45) is -2.80. The summed E-state index contributed by atoms with van der Waals surface area (Å²) in [5.41, 5.74) is 0. The van der Waals surface area contributed by atoms with Crippen LogP contribution in [0.5, 0.6) is 0 Å². The summed E-state index contributed by atoms with van der Waals surface area (Å²) in [6.45, 7) is 1.54. The zero-order valence-electron chi connectivity index (χ0n) is 11.4. The fourth-order valence-electron chi connectivity index (χ4n) is 2.60. The van der Waals surface area contributed by atoms with Crippen molar-refractivity contribution in [2.45, 2.75) is 45.2 Å². The fourth-order valence-corrected chi connectivity index (χ4v) is 2.60. The van der Waals surface area contributed by atoms with Gasteiger partial charge in [0.25, 0.3) is 0 Å². The lowest BCUT2D eigenvalue weighted by atomic mass is 9.78. The number of halogens is 3. The van der Waals surface area contributed by atoms with E-state index in [4.69, 9.17) is 5.11 Å². The van der Waals surface area contributed by atoms with Gasteiger partial charge in [0.1, 0.15) is 0 Å².